The number of H-pyrrole nitrogens is 1. The molecule has 1 amide bonds. The average molecular weight is 470 g/mol. The van der Waals surface area contributed by atoms with Gasteiger partial charge in [-0.2, -0.15) is 5.10 Å². The van der Waals surface area contributed by atoms with E-state index in [1.165, 1.54) is 0 Å². The maximum absolute atomic E-state index is 13.8. The summed E-state index contributed by atoms with van der Waals surface area (Å²) in [5.74, 6) is 1.02. The van der Waals surface area contributed by atoms with Crippen LogP contribution >= 0.6 is 0 Å². The van der Waals surface area contributed by atoms with Gasteiger partial charge in [-0.25, -0.2) is 9.50 Å². The number of aromatic nitrogens is 4. The van der Waals surface area contributed by atoms with Gasteiger partial charge in [0.15, 0.2) is 5.65 Å². The number of aryl methyl sites for hydroxylation is 1. The van der Waals surface area contributed by atoms with Crippen molar-refractivity contribution in [3.05, 3.63) is 71.7 Å². The molecule has 0 unspecified atom stereocenters. The van der Waals surface area contributed by atoms with E-state index >= 15 is 0 Å². The zero-order valence-corrected chi connectivity index (χ0v) is 20.0. The molecule has 3 N–H and O–H groups in total. The number of fused-ring (bicyclic) bond motifs is 1. The second-order valence-electron chi connectivity index (χ2n) is 9.76. The van der Waals surface area contributed by atoms with Crippen molar-refractivity contribution in [2.24, 2.45) is 5.73 Å². The third-order valence-electron chi connectivity index (χ3n) is 7.29. The maximum atomic E-state index is 13.8. The van der Waals surface area contributed by atoms with E-state index in [4.69, 9.17) is 15.8 Å². The van der Waals surface area contributed by atoms with E-state index in [0.717, 1.165) is 79.3 Å². The Balaban J connectivity index is 1.32. The molecule has 8 nitrogen and oxygen atoms in total. The Labute approximate surface area is 204 Å². The molecule has 2 fully saturated rings. The fraction of sp³-hybridized carbons (Fsp3) is 0.370. The zero-order chi connectivity index (χ0) is 23.9. The minimum atomic E-state index is -0.0690. The number of piperidine rings is 1. The number of aromatic amines is 1. The van der Waals surface area contributed by atoms with E-state index in [9.17, 15) is 4.79 Å². The number of amides is 1. The summed E-state index contributed by atoms with van der Waals surface area (Å²) in [4.78, 5) is 26.3. The van der Waals surface area contributed by atoms with Crippen molar-refractivity contribution in [3.8, 4) is 11.3 Å². The molecule has 2 saturated heterocycles. The summed E-state index contributed by atoms with van der Waals surface area (Å²) >= 11 is 0. The molecule has 0 saturated carbocycles. The molecule has 5 heterocycles. The summed E-state index contributed by atoms with van der Waals surface area (Å²) in [6.45, 7) is 4.55. The molecule has 0 aliphatic carbocycles. The van der Waals surface area contributed by atoms with Gasteiger partial charge in [0, 0.05) is 49.7 Å². The summed E-state index contributed by atoms with van der Waals surface area (Å²) < 4.78 is 1.85. The largest absolute Gasteiger partial charge is 0.361 e. The quantitative estimate of drug-likeness (QED) is 0.472. The number of hydrogen-bond donors (Lipinski definition) is 2. The molecule has 35 heavy (non-hydrogen) atoms. The minimum absolute atomic E-state index is 0.0442. The van der Waals surface area contributed by atoms with E-state index in [-0.39, 0.29) is 18.0 Å². The van der Waals surface area contributed by atoms with Gasteiger partial charge in [-0.1, -0.05) is 30.3 Å². The second kappa shape index (κ2) is 8.85. The highest BCUT2D eigenvalue weighted by Gasteiger charge is 2.32. The summed E-state index contributed by atoms with van der Waals surface area (Å²) in [5.41, 5.74) is 11.5. The Bertz CT molecular complexity index is 1360. The van der Waals surface area contributed by atoms with Crippen molar-refractivity contribution in [1.29, 1.82) is 0 Å². The van der Waals surface area contributed by atoms with Crippen molar-refractivity contribution >= 4 is 17.4 Å². The van der Waals surface area contributed by atoms with Crippen molar-refractivity contribution in [3.63, 3.8) is 0 Å². The Kier molecular flexibility index (Phi) is 5.53. The van der Waals surface area contributed by atoms with Gasteiger partial charge in [0.2, 0.25) is 0 Å². The van der Waals surface area contributed by atoms with Crippen molar-refractivity contribution in [2.75, 3.05) is 24.5 Å². The van der Waals surface area contributed by atoms with E-state index < -0.39 is 0 Å². The molecular formula is C27H31N7O. The molecule has 0 spiro atoms. The molecule has 0 radical (unpaired) electrons. The summed E-state index contributed by atoms with van der Waals surface area (Å²) in [6, 6.07) is 14.1. The number of benzene rings is 1. The number of carbonyl (C=O) groups is 1. The fourth-order valence-corrected chi connectivity index (χ4v) is 5.51. The summed E-state index contributed by atoms with van der Waals surface area (Å²) in [6.07, 6.45) is 7.84. The van der Waals surface area contributed by atoms with Crippen LogP contribution in [0.1, 0.15) is 53.3 Å². The molecule has 8 heteroatoms. The fourth-order valence-electron chi connectivity index (χ4n) is 5.51. The molecule has 6 rings (SSSR count). The maximum Gasteiger partial charge on any atom is 0.256 e. The monoisotopic (exact) mass is 469 g/mol. The third-order valence-corrected chi connectivity index (χ3v) is 7.29. The van der Waals surface area contributed by atoms with Gasteiger partial charge in [-0.3, -0.25) is 4.79 Å². The number of hydrogen-bond acceptors (Lipinski definition) is 5. The molecule has 4 aromatic rings. The van der Waals surface area contributed by atoms with Gasteiger partial charge >= 0.3 is 0 Å². The topological polar surface area (TPSA) is 95.5 Å². The van der Waals surface area contributed by atoms with Crippen LogP contribution in [0.5, 0.6) is 0 Å². The van der Waals surface area contributed by atoms with Gasteiger partial charge in [-0.15, -0.1) is 0 Å². The number of nitrogens with zero attached hydrogens (tertiary/aromatic N) is 5. The van der Waals surface area contributed by atoms with Crippen molar-refractivity contribution in [2.45, 2.75) is 44.7 Å². The van der Waals surface area contributed by atoms with E-state index in [2.05, 4.69) is 16.8 Å². The van der Waals surface area contributed by atoms with Gasteiger partial charge in [0.25, 0.3) is 5.91 Å². The van der Waals surface area contributed by atoms with Crippen molar-refractivity contribution in [1.82, 2.24) is 24.5 Å². The SMILES string of the molecule is Cc1cn2nc([C@@H]3CCCCN3C(=O)c3cc[nH]c3-c3ccccc3)cc2nc1N1CC[C@H](N)C1. The second-order valence-corrected chi connectivity index (χ2v) is 9.76. The normalized spacial score (nSPS) is 20.6. The molecule has 1 aromatic carbocycles. The standard InChI is InChI=1S/C27H31N7O/c1-18-16-34-24(30-26(18)32-14-11-20(28)17-32)15-22(31-34)23-9-5-6-13-33(23)27(35)21-10-12-29-25(21)19-7-3-2-4-8-19/h2-4,7-8,10,12,15-16,20,23,29H,5-6,9,11,13-14,17,28H2,1H3/t20-,23-/m0/s1. The lowest BCUT2D eigenvalue weighted by molar-refractivity contribution is 0.0606. The highest BCUT2D eigenvalue weighted by molar-refractivity contribution is 6.00. The molecule has 0 bridgehead atoms. The smallest absolute Gasteiger partial charge is 0.256 e. The summed E-state index contributed by atoms with van der Waals surface area (Å²) in [5, 5.41) is 4.88. The van der Waals surface area contributed by atoms with Crippen LogP contribution in [-0.4, -0.2) is 56.1 Å². The van der Waals surface area contributed by atoms with Gasteiger partial charge in [-0.05, 0) is 44.2 Å². The lowest BCUT2D eigenvalue weighted by atomic mass is 9.97. The molecule has 2 aliphatic rings. The number of nitrogens with one attached hydrogen (secondary N) is 1. The first-order valence-corrected chi connectivity index (χ1v) is 12.5. The van der Waals surface area contributed by atoms with Crippen LogP contribution < -0.4 is 10.6 Å². The number of rotatable bonds is 4. The minimum Gasteiger partial charge on any atom is -0.361 e. The number of nitrogens with two attached hydrogens (primary N) is 1. The highest BCUT2D eigenvalue weighted by Crippen LogP contribution is 2.34. The van der Waals surface area contributed by atoms with Gasteiger partial charge < -0.3 is 20.5 Å². The Morgan fingerprint density at radius 3 is 2.77 bits per heavy atom. The first kappa shape index (κ1) is 21.9. The van der Waals surface area contributed by atoms with Crippen LogP contribution in [-0.2, 0) is 0 Å². The Morgan fingerprint density at radius 2 is 1.97 bits per heavy atom. The van der Waals surface area contributed by atoms with Crippen molar-refractivity contribution < 1.29 is 4.79 Å². The predicted molar refractivity (Wildman–Crippen MR) is 136 cm³/mol. The van der Waals surface area contributed by atoms with Crippen LogP contribution in [0, 0.1) is 6.92 Å². The van der Waals surface area contributed by atoms with Crippen LogP contribution in [0.3, 0.4) is 0 Å². The number of likely N-dealkylation sites (tertiary alicyclic amines) is 1. The number of anilines is 1. The lowest BCUT2D eigenvalue weighted by Gasteiger charge is -2.34. The first-order valence-electron chi connectivity index (χ1n) is 12.5. The molecule has 180 valence electrons. The van der Waals surface area contributed by atoms with E-state index in [1.807, 2.05) is 64.3 Å². The third kappa shape index (κ3) is 3.97. The number of carbonyl (C=O) groups excluding carboxylic acids is 1. The predicted octanol–water partition coefficient (Wildman–Crippen LogP) is 3.94. The van der Waals surface area contributed by atoms with Crippen LogP contribution in [0.25, 0.3) is 16.9 Å². The van der Waals surface area contributed by atoms with Crippen LogP contribution in [0.2, 0.25) is 0 Å². The van der Waals surface area contributed by atoms with E-state index in [1.54, 1.807) is 0 Å². The average Bonchev–Trinajstić information content (AvgIpc) is 3.63. The van der Waals surface area contributed by atoms with Gasteiger partial charge in [0.1, 0.15) is 5.82 Å². The van der Waals surface area contributed by atoms with Crippen LogP contribution in [0.4, 0.5) is 5.82 Å². The summed E-state index contributed by atoms with van der Waals surface area (Å²) in [7, 11) is 0. The lowest BCUT2D eigenvalue weighted by Crippen LogP contribution is -2.38. The molecule has 2 aliphatic heterocycles. The molecule has 2 atom stereocenters. The molecular weight excluding hydrogens is 438 g/mol. The zero-order valence-electron chi connectivity index (χ0n) is 20.0. The molecule has 3 aromatic heterocycles. The van der Waals surface area contributed by atoms with Crippen LogP contribution in [0.15, 0.2) is 54.9 Å². The Morgan fingerprint density at radius 1 is 1.11 bits per heavy atom. The first-order chi connectivity index (χ1) is 17.1. The van der Waals surface area contributed by atoms with Gasteiger partial charge in [0.05, 0.1) is 23.0 Å². The Hall–Kier alpha value is -3.65. The highest BCUT2D eigenvalue weighted by atomic mass is 16.2. The van der Waals surface area contributed by atoms with E-state index in [0.29, 0.717) is 5.56 Å².